The van der Waals surface area contributed by atoms with Gasteiger partial charge in [-0.2, -0.15) is 0 Å². The van der Waals surface area contributed by atoms with Crippen LogP contribution in [0.3, 0.4) is 0 Å². The van der Waals surface area contributed by atoms with Crippen LogP contribution < -0.4 is 5.32 Å². The number of phosphoric acid groups is 1. The number of unbranched alkanes of at least 4 members (excludes halogenated alkanes) is 19. The second-order valence-corrected chi connectivity index (χ2v) is 15.6. The molecule has 0 aliphatic rings. The molecular weight excluding hydrogens is 709 g/mol. The summed E-state index contributed by atoms with van der Waals surface area (Å²) in [6.45, 7) is 2.53. The molecule has 0 spiro atoms. The molecule has 0 aliphatic carbocycles. The van der Waals surface area contributed by atoms with Crippen molar-refractivity contribution in [1.29, 1.82) is 0 Å². The zero-order valence-corrected chi connectivity index (χ0v) is 34.7. The van der Waals surface area contributed by atoms with Crippen molar-refractivity contribution in [2.45, 2.75) is 193 Å². The fourth-order valence-corrected chi connectivity index (χ4v) is 6.35. The average molecular weight is 786 g/mol. The second-order valence-electron chi connectivity index (χ2n) is 14.2. The summed E-state index contributed by atoms with van der Waals surface area (Å²) in [7, 11) is -4.76. The maximum absolute atomic E-state index is 12.3. The van der Waals surface area contributed by atoms with Crippen LogP contribution in [0.25, 0.3) is 0 Å². The van der Waals surface area contributed by atoms with E-state index in [0.29, 0.717) is 12.8 Å². The fraction of sp³-hybridized carbons (Fsp3) is 0.786. The number of aliphatic carboxylic acids is 1. The predicted octanol–water partition coefficient (Wildman–Crippen LogP) is 10.4. The molecular formula is C42H76NO10P. The number of carboxylic acids is 1. The lowest BCUT2D eigenvalue weighted by Crippen LogP contribution is -2.43. The molecule has 314 valence electrons. The zero-order valence-electron chi connectivity index (χ0n) is 33.8. The Morgan fingerprint density at radius 1 is 0.593 bits per heavy atom. The number of ether oxygens (including phenoxy) is 1. The van der Waals surface area contributed by atoms with E-state index in [1.54, 1.807) is 0 Å². The van der Waals surface area contributed by atoms with E-state index >= 15 is 0 Å². The Morgan fingerprint density at radius 3 is 1.56 bits per heavy atom. The highest BCUT2D eigenvalue weighted by Gasteiger charge is 2.28. The number of nitrogens with one attached hydrogen (secondary N) is 1. The van der Waals surface area contributed by atoms with Crippen LogP contribution in [0.15, 0.2) is 36.5 Å². The minimum Gasteiger partial charge on any atom is -0.480 e. The molecule has 0 saturated heterocycles. The lowest BCUT2D eigenvalue weighted by atomic mass is 10.1. The number of amides is 1. The van der Waals surface area contributed by atoms with E-state index in [1.807, 2.05) is 0 Å². The maximum atomic E-state index is 12.3. The maximum Gasteiger partial charge on any atom is 0.472 e. The smallest absolute Gasteiger partial charge is 0.472 e. The first kappa shape index (κ1) is 51.7. The van der Waals surface area contributed by atoms with Crippen molar-refractivity contribution in [3.63, 3.8) is 0 Å². The molecule has 12 heteroatoms. The minimum atomic E-state index is -4.76. The van der Waals surface area contributed by atoms with Gasteiger partial charge in [-0.25, -0.2) is 9.36 Å². The normalized spacial score (nSPS) is 14.1. The molecule has 1 amide bonds. The van der Waals surface area contributed by atoms with Crippen molar-refractivity contribution in [3.05, 3.63) is 36.5 Å². The molecule has 0 aromatic heterocycles. The van der Waals surface area contributed by atoms with Gasteiger partial charge in [-0.05, 0) is 70.6 Å². The Hall–Kier alpha value is -2.30. The SMILES string of the molecule is CCCCC/C=C\C/C=C\CCCCCCCCCC(=O)NC(COP(=O)(O)OCC(O)COC(=O)CCCCCCC/C=C\CCCCCC)C(=O)O. The van der Waals surface area contributed by atoms with E-state index in [-0.39, 0.29) is 12.8 Å². The third-order valence-corrected chi connectivity index (χ3v) is 9.85. The lowest BCUT2D eigenvalue weighted by Gasteiger charge is -2.18. The third-order valence-electron chi connectivity index (χ3n) is 8.90. The average Bonchev–Trinajstić information content (AvgIpc) is 3.14. The molecule has 4 N–H and O–H groups in total. The van der Waals surface area contributed by atoms with Gasteiger partial charge in [0.25, 0.3) is 0 Å². The Bertz CT molecular complexity index is 1060. The standard InChI is InChI=1S/C42H76NO10P/c1-3-5-7-9-11-13-15-17-18-19-20-22-23-25-27-29-31-33-40(45)43-39(42(47)48)37-53-54(49,50)52-36-38(44)35-51-41(46)34-32-30-28-26-24-21-16-14-12-10-8-6-4-2/h11,13-14,16-18,38-39,44H,3-10,12,15,19-37H2,1-2H3,(H,43,45)(H,47,48)(H,49,50)/b13-11-,16-14-,18-17-. The molecule has 0 bridgehead atoms. The van der Waals surface area contributed by atoms with Gasteiger partial charge in [-0.3, -0.25) is 18.6 Å². The summed E-state index contributed by atoms with van der Waals surface area (Å²) < 4.78 is 26.8. The Morgan fingerprint density at radius 2 is 1.02 bits per heavy atom. The number of carbonyl (C=O) groups excluding carboxylic acids is 2. The molecule has 3 unspecified atom stereocenters. The van der Waals surface area contributed by atoms with E-state index in [9.17, 15) is 34.1 Å². The summed E-state index contributed by atoms with van der Waals surface area (Å²) in [5.74, 6) is -2.39. The molecule has 0 aromatic rings. The summed E-state index contributed by atoms with van der Waals surface area (Å²) in [5.41, 5.74) is 0. The molecule has 0 fully saturated rings. The highest BCUT2D eigenvalue weighted by molar-refractivity contribution is 7.47. The number of allylic oxidation sites excluding steroid dienone is 6. The van der Waals surface area contributed by atoms with Gasteiger partial charge in [0.1, 0.15) is 12.7 Å². The number of aliphatic hydroxyl groups excluding tert-OH is 1. The van der Waals surface area contributed by atoms with Crippen LogP contribution in [-0.2, 0) is 32.7 Å². The first-order valence-electron chi connectivity index (χ1n) is 21.0. The number of hydrogen-bond acceptors (Lipinski definition) is 8. The van der Waals surface area contributed by atoms with Crippen LogP contribution in [0.1, 0.15) is 181 Å². The highest BCUT2D eigenvalue weighted by atomic mass is 31.2. The minimum absolute atomic E-state index is 0.136. The summed E-state index contributed by atoms with van der Waals surface area (Å²) in [4.78, 5) is 45.8. The first-order chi connectivity index (χ1) is 26.1. The zero-order chi connectivity index (χ0) is 40.0. The number of carboxylic acid groups (broad SMARTS) is 1. The van der Waals surface area contributed by atoms with Crippen molar-refractivity contribution in [2.24, 2.45) is 0 Å². The van der Waals surface area contributed by atoms with Crippen LogP contribution in [0.5, 0.6) is 0 Å². The summed E-state index contributed by atoms with van der Waals surface area (Å²) >= 11 is 0. The van der Waals surface area contributed by atoms with E-state index in [1.165, 1.54) is 57.8 Å². The van der Waals surface area contributed by atoms with E-state index in [0.717, 1.165) is 83.5 Å². The summed E-state index contributed by atoms with van der Waals surface area (Å²) in [6.07, 6.45) is 38.8. The molecule has 0 aliphatic heterocycles. The molecule has 0 rings (SSSR count). The van der Waals surface area contributed by atoms with Crippen molar-refractivity contribution in [3.8, 4) is 0 Å². The molecule has 3 atom stereocenters. The van der Waals surface area contributed by atoms with Crippen LogP contribution in [0.4, 0.5) is 0 Å². The predicted molar refractivity (Wildman–Crippen MR) is 217 cm³/mol. The molecule has 0 heterocycles. The van der Waals surface area contributed by atoms with Gasteiger partial charge in [-0.15, -0.1) is 0 Å². The number of phosphoric ester groups is 1. The largest absolute Gasteiger partial charge is 0.480 e. The van der Waals surface area contributed by atoms with E-state index in [4.69, 9.17) is 13.8 Å². The van der Waals surface area contributed by atoms with Gasteiger partial charge in [0.05, 0.1) is 13.2 Å². The van der Waals surface area contributed by atoms with Crippen LogP contribution in [0.2, 0.25) is 0 Å². The molecule has 54 heavy (non-hydrogen) atoms. The van der Waals surface area contributed by atoms with Gasteiger partial charge in [0.2, 0.25) is 5.91 Å². The summed E-state index contributed by atoms with van der Waals surface area (Å²) in [5, 5.41) is 21.8. The Balaban J connectivity index is 3.95. The fourth-order valence-electron chi connectivity index (χ4n) is 5.57. The van der Waals surface area contributed by atoms with Gasteiger partial charge in [0.15, 0.2) is 6.04 Å². The number of aliphatic hydroxyl groups is 1. The van der Waals surface area contributed by atoms with Crippen molar-refractivity contribution in [1.82, 2.24) is 5.32 Å². The number of carbonyl (C=O) groups is 3. The lowest BCUT2D eigenvalue weighted by molar-refractivity contribution is -0.147. The van der Waals surface area contributed by atoms with Crippen molar-refractivity contribution < 1.29 is 47.8 Å². The first-order valence-corrected chi connectivity index (χ1v) is 22.5. The van der Waals surface area contributed by atoms with Crippen molar-refractivity contribution in [2.75, 3.05) is 19.8 Å². The topological polar surface area (TPSA) is 169 Å². The van der Waals surface area contributed by atoms with E-state index < -0.39 is 57.6 Å². The van der Waals surface area contributed by atoms with Gasteiger partial charge >= 0.3 is 19.8 Å². The van der Waals surface area contributed by atoms with Crippen LogP contribution in [-0.4, -0.2) is 64.9 Å². The molecule has 0 aromatic carbocycles. The number of hydrogen-bond donors (Lipinski definition) is 4. The van der Waals surface area contributed by atoms with Gasteiger partial charge in [0, 0.05) is 12.8 Å². The van der Waals surface area contributed by atoms with E-state index in [2.05, 4.69) is 55.6 Å². The summed E-state index contributed by atoms with van der Waals surface area (Å²) in [6, 6.07) is -1.55. The molecule has 0 radical (unpaired) electrons. The molecule has 0 saturated carbocycles. The Kier molecular flexibility index (Phi) is 36.0. The Labute approximate surface area is 327 Å². The van der Waals surface area contributed by atoms with Gasteiger partial charge < -0.3 is 25.2 Å². The highest BCUT2D eigenvalue weighted by Crippen LogP contribution is 2.43. The second kappa shape index (κ2) is 37.6. The van der Waals surface area contributed by atoms with Crippen LogP contribution in [0, 0.1) is 0 Å². The quantitative estimate of drug-likeness (QED) is 0.0204. The van der Waals surface area contributed by atoms with Crippen molar-refractivity contribution >= 4 is 25.7 Å². The third kappa shape index (κ3) is 36.7. The number of rotatable bonds is 39. The number of esters is 1. The van der Waals surface area contributed by atoms with Gasteiger partial charge in [-0.1, -0.05) is 134 Å². The molecule has 11 nitrogen and oxygen atoms in total. The van der Waals surface area contributed by atoms with Crippen LogP contribution >= 0.6 is 7.82 Å². The monoisotopic (exact) mass is 786 g/mol.